The molecule has 108 valence electrons. The van der Waals surface area contributed by atoms with E-state index in [4.69, 9.17) is 18.0 Å². The van der Waals surface area contributed by atoms with Gasteiger partial charge in [-0.25, -0.2) is 0 Å². The van der Waals surface area contributed by atoms with E-state index in [0.29, 0.717) is 4.99 Å². The van der Waals surface area contributed by atoms with Crippen molar-refractivity contribution < 1.29 is 0 Å². The molecule has 2 N–H and O–H groups in total. The summed E-state index contributed by atoms with van der Waals surface area (Å²) in [6.07, 6.45) is 8.43. The molecule has 1 atom stereocenters. The van der Waals surface area contributed by atoms with Gasteiger partial charge in [0.2, 0.25) is 0 Å². The van der Waals surface area contributed by atoms with Crippen molar-refractivity contribution in [3.8, 4) is 0 Å². The van der Waals surface area contributed by atoms with Crippen LogP contribution in [0.1, 0.15) is 49.7 Å². The molecule has 1 aliphatic heterocycles. The van der Waals surface area contributed by atoms with Gasteiger partial charge in [0.1, 0.15) is 4.99 Å². The predicted molar refractivity (Wildman–Crippen MR) is 87.7 cm³/mol. The van der Waals surface area contributed by atoms with Crippen LogP contribution in [0.2, 0.25) is 0 Å². The first-order chi connectivity index (χ1) is 9.75. The maximum Gasteiger partial charge on any atom is 0.104 e. The van der Waals surface area contributed by atoms with Crippen molar-refractivity contribution in [2.45, 2.75) is 51.1 Å². The Kier molecular flexibility index (Phi) is 4.37. The van der Waals surface area contributed by atoms with Crippen LogP contribution in [0.25, 0.3) is 0 Å². The highest BCUT2D eigenvalue weighted by molar-refractivity contribution is 7.80. The molecular weight excluding hydrogens is 264 g/mol. The minimum absolute atomic E-state index is 0.525. The normalized spacial score (nSPS) is 24.3. The summed E-state index contributed by atoms with van der Waals surface area (Å²) in [6.45, 7) is 2.24. The molecule has 1 heterocycles. The van der Waals surface area contributed by atoms with Crippen LogP contribution in [0, 0.1) is 5.92 Å². The van der Waals surface area contributed by atoms with E-state index in [1.54, 1.807) is 0 Å². The predicted octanol–water partition coefficient (Wildman–Crippen LogP) is 3.48. The number of rotatable bonds is 4. The number of benzene rings is 1. The fourth-order valence-electron chi connectivity index (χ4n) is 4.04. The zero-order chi connectivity index (χ0) is 13.9. The Morgan fingerprint density at radius 2 is 1.90 bits per heavy atom. The Hall–Kier alpha value is -0.930. The van der Waals surface area contributed by atoms with Gasteiger partial charge in [0.05, 0.1) is 0 Å². The van der Waals surface area contributed by atoms with Crippen LogP contribution in [0.4, 0.5) is 0 Å². The molecule has 3 heteroatoms. The summed E-state index contributed by atoms with van der Waals surface area (Å²) in [5.41, 5.74) is 8.21. The SMILES string of the molecule is NC(=S)c1ccccc1CN1CCCC1C1CCCC1. The van der Waals surface area contributed by atoms with Crippen molar-refractivity contribution in [3.05, 3.63) is 35.4 Å². The molecule has 1 aromatic carbocycles. The number of likely N-dealkylation sites (tertiary alicyclic amines) is 1. The van der Waals surface area contributed by atoms with Crippen LogP contribution in [0.15, 0.2) is 24.3 Å². The van der Waals surface area contributed by atoms with Crippen LogP contribution in [-0.2, 0) is 6.54 Å². The third-order valence-corrected chi connectivity index (χ3v) is 5.23. The standard InChI is InChI=1S/C17H24N2S/c18-17(20)15-9-4-3-8-14(15)12-19-11-5-10-16(19)13-6-1-2-7-13/h3-4,8-9,13,16H,1-2,5-7,10-12H2,(H2,18,20). The minimum Gasteiger partial charge on any atom is -0.389 e. The maximum atomic E-state index is 5.86. The van der Waals surface area contributed by atoms with Gasteiger partial charge in [-0.1, -0.05) is 49.3 Å². The summed E-state index contributed by atoms with van der Waals surface area (Å²) < 4.78 is 0. The van der Waals surface area contributed by atoms with Gasteiger partial charge in [-0.05, 0) is 43.7 Å². The fraction of sp³-hybridized carbons (Fsp3) is 0.588. The van der Waals surface area contributed by atoms with E-state index < -0.39 is 0 Å². The molecule has 2 fully saturated rings. The van der Waals surface area contributed by atoms with Gasteiger partial charge in [-0.15, -0.1) is 0 Å². The van der Waals surface area contributed by atoms with Crippen LogP contribution in [-0.4, -0.2) is 22.5 Å². The van der Waals surface area contributed by atoms with Gasteiger partial charge in [0.25, 0.3) is 0 Å². The summed E-state index contributed by atoms with van der Waals surface area (Å²) in [4.78, 5) is 3.20. The van der Waals surface area contributed by atoms with Gasteiger partial charge in [0, 0.05) is 18.2 Å². The second kappa shape index (κ2) is 6.23. The van der Waals surface area contributed by atoms with Gasteiger partial charge < -0.3 is 5.73 Å². The zero-order valence-electron chi connectivity index (χ0n) is 12.1. The molecule has 0 aromatic heterocycles. The summed E-state index contributed by atoms with van der Waals surface area (Å²) in [5, 5.41) is 0. The Labute approximate surface area is 127 Å². The molecule has 0 amide bonds. The highest BCUT2D eigenvalue weighted by Crippen LogP contribution is 2.36. The van der Waals surface area contributed by atoms with Gasteiger partial charge >= 0.3 is 0 Å². The average Bonchev–Trinajstić information content (AvgIpc) is 3.09. The minimum atomic E-state index is 0.525. The van der Waals surface area contributed by atoms with E-state index in [1.165, 1.54) is 50.6 Å². The molecule has 1 saturated heterocycles. The van der Waals surface area contributed by atoms with E-state index >= 15 is 0 Å². The Morgan fingerprint density at radius 3 is 2.65 bits per heavy atom. The lowest BCUT2D eigenvalue weighted by molar-refractivity contribution is 0.183. The summed E-state index contributed by atoms with van der Waals surface area (Å²) in [7, 11) is 0. The smallest absolute Gasteiger partial charge is 0.104 e. The molecule has 0 bridgehead atoms. The van der Waals surface area contributed by atoms with E-state index in [0.717, 1.165) is 24.1 Å². The fourth-order valence-corrected chi connectivity index (χ4v) is 4.24. The first-order valence-electron chi connectivity index (χ1n) is 7.87. The molecular formula is C17H24N2S. The molecule has 1 saturated carbocycles. The largest absolute Gasteiger partial charge is 0.389 e. The molecule has 3 rings (SSSR count). The van der Waals surface area contributed by atoms with Crippen LogP contribution in [0.3, 0.4) is 0 Å². The second-order valence-corrected chi connectivity index (χ2v) is 6.69. The van der Waals surface area contributed by atoms with Crippen molar-refractivity contribution in [2.75, 3.05) is 6.54 Å². The highest BCUT2D eigenvalue weighted by Gasteiger charge is 2.33. The second-order valence-electron chi connectivity index (χ2n) is 6.25. The van der Waals surface area contributed by atoms with Crippen LogP contribution in [0.5, 0.6) is 0 Å². The number of thiocarbonyl (C=S) groups is 1. The molecule has 0 spiro atoms. The molecule has 0 radical (unpaired) electrons. The van der Waals surface area contributed by atoms with E-state index in [9.17, 15) is 0 Å². The lowest BCUT2D eigenvalue weighted by atomic mass is 9.95. The molecule has 1 aromatic rings. The van der Waals surface area contributed by atoms with Crippen LogP contribution >= 0.6 is 12.2 Å². The summed E-state index contributed by atoms with van der Waals surface area (Å²) >= 11 is 5.19. The third kappa shape index (κ3) is 2.89. The molecule has 20 heavy (non-hydrogen) atoms. The van der Waals surface area contributed by atoms with E-state index in [1.807, 2.05) is 6.07 Å². The summed E-state index contributed by atoms with van der Waals surface area (Å²) in [5.74, 6) is 0.925. The van der Waals surface area contributed by atoms with E-state index in [2.05, 4.69) is 23.1 Å². The number of nitrogens with zero attached hydrogens (tertiary/aromatic N) is 1. The number of nitrogens with two attached hydrogens (primary N) is 1. The third-order valence-electron chi connectivity index (χ3n) is 5.01. The maximum absolute atomic E-state index is 5.86. The Morgan fingerprint density at radius 1 is 1.15 bits per heavy atom. The molecule has 2 aliphatic rings. The van der Waals surface area contributed by atoms with Crippen molar-refractivity contribution in [1.82, 2.24) is 4.90 Å². The van der Waals surface area contributed by atoms with Gasteiger partial charge in [-0.2, -0.15) is 0 Å². The van der Waals surface area contributed by atoms with Gasteiger partial charge in [0.15, 0.2) is 0 Å². The highest BCUT2D eigenvalue weighted by atomic mass is 32.1. The van der Waals surface area contributed by atoms with Crippen molar-refractivity contribution in [2.24, 2.45) is 11.7 Å². The lowest BCUT2D eigenvalue weighted by Gasteiger charge is -2.30. The average molecular weight is 288 g/mol. The Bertz CT molecular complexity index is 480. The molecule has 1 unspecified atom stereocenters. The molecule has 2 nitrogen and oxygen atoms in total. The van der Waals surface area contributed by atoms with Crippen molar-refractivity contribution in [1.29, 1.82) is 0 Å². The monoisotopic (exact) mass is 288 g/mol. The Balaban J connectivity index is 1.75. The number of hydrogen-bond acceptors (Lipinski definition) is 2. The van der Waals surface area contributed by atoms with E-state index in [-0.39, 0.29) is 0 Å². The molecule has 1 aliphatic carbocycles. The first-order valence-corrected chi connectivity index (χ1v) is 8.28. The van der Waals surface area contributed by atoms with Crippen molar-refractivity contribution in [3.63, 3.8) is 0 Å². The topological polar surface area (TPSA) is 29.3 Å². The zero-order valence-corrected chi connectivity index (χ0v) is 12.9. The quantitative estimate of drug-likeness (QED) is 0.860. The van der Waals surface area contributed by atoms with Crippen LogP contribution < -0.4 is 5.73 Å². The van der Waals surface area contributed by atoms with Gasteiger partial charge in [-0.3, -0.25) is 4.90 Å². The number of hydrogen-bond donors (Lipinski definition) is 1. The summed E-state index contributed by atoms with van der Waals surface area (Å²) in [6, 6.07) is 9.14. The van der Waals surface area contributed by atoms with Crippen molar-refractivity contribution >= 4 is 17.2 Å². The lowest BCUT2D eigenvalue weighted by Crippen LogP contribution is -2.34. The first kappa shape index (κ1) is 14.0.